The van der Waals surface area contributed by atoms with E-state index in [2.05, 4.69) is 35.7 Å². The summed E-state index contributed by atoms with van der Waals surface area (Å²) in [6.07, 6.45) is 6.14. The molecule has 0 saturated carbocycles. The molecular formula is C15H19N3OS. The Balaban J connectivity index is 2.46. The molecule has 2 aromatic rings. The van der Waals surface area contributed by atoms with Gasteiger partial charge >= 0.3 is 0 Å². The Labute approximate surface area is 124 Å². The smallest absolute Gasteiger partial charge is 0.138 e. The average Bonchev–Trinajstić information content (AvgIpc) is 2.44. The summed E-state index contributed by atoms with van der Waals surface area (Å²) in [5.41, 5.74) is 2.97. The molecule has 20 heavy (non-hydrogen) atoms. The fourth-order valence-corrected chi connectivity index (χ4v) is 2.43. The van der Waals surface area contributed by atoms with Gasteiger partial charge in [0.15, 0.2) is 0 Å². The van der Waals surface area contributed by atoms with Gasteiger partial charge in [0.1, 0.15) is 10.4 Å². The molecule has 0 amide bonds. The van der Waals surface area contributed by atoms with Crippen molar-refractivity contribution in [3.05, 3.63) is 35.0 Å². The lowest BCUT2D eigenvalue weighted by Gasteiger charge is -2.13. The van der Waals surface area contributed by atoms with Gasteiger partial charge in [0.25, 0.3) is 0 Å². The molecule has 0 aliphatic rings. The molecule has 0 aromatic carbocycles. The van der Waals surface area contributed by atoms with Gasteiger partial charge in [0.2, 0.25) is 0 Å². The van der Waals surface area contributed by atoms with E-state index in [1.54, 1.807) is 12.5 Å². The van der Waals surface area contributed by atoms with E-state index in [4.69, 9.17) is 17.0 Å². The highest BCUT2D eigenvalue weighted by Gasteiger charge is 2.12. The molecule has 4 nitrogen and oxygen atoms in total. The summed E-state index contributed by atoms with van der Waals surface area (Å²) in [5, 5.41) is 0. The number of aromatic amines is 1. The van der Waals surface area contributed by atoms with Gasteiger partial charge in [-0.1, -0.05) is 33.0 Å². The van der Waals surface area contributed by atoms with Gasteiger partial charge in [-0.2, -0.15) is 0 Å². The first-order valence-electron chi connectivity index (χ1n) is 6.79. The lowest BCUT2D eigenvalue weighted by molar-refractivity contribution is 0.316. The molecule has 0 fully saturated rings. The van der Waals surface area contributed by atoms with Gasteiger partial charge in [-0.05, 0) is 18.4 Å². The maximum atomic E-state index is 5.63. The lowest BCUT2D eigenvalue weighted by atomic mass is 10.00. The Kier molecular flexibility index (Phi) is 4.84. The van der Waals surface area contributed by atoms with Crippen LogP contribution >= 0.6 is 12.2 Å². The summed E-state index contributed by atoms with van der Waals surface area (Å²) in [6, 6.07) is 1.98. The van der Waals surface area contributed by atoms with Crippen molar-refractivity contribution in [1.29, 1.82) is 0 Å². The number of H-pyrrole nitrogens is 1. The summed E-state index contributed by atoms with van der Waals surface area (Å²) in [7, 11) is 0. The van der Waals surface area contributed by atoms with Gasteiger partial charge < -0.3 is 9.72 Å². The third-order valence-electron chi connectivity index (χ3n) is 2.94. The maximum Gasteiger partial charge on any atom is 0.138 e. The fourth-order valence-electron chi connectivity index (χ4n) is 2.04. The second kappa shape index (κ2) is 6.61. The first-order valence-corrected chi connectivity index (χ1v) is 7.20. The van der Waals surface area contributed by atoms with Crippen molar-refractivity contribution >= 4 is 12.2 Å². The summed E-state index contributed by atoms with van der Waals surface area (Å²) >= 11 is 5.34. The average molecular weight is 289 g/mol. The first kappa shape index (κ1) is 14.7. The molecule has 1 N–H and O–H groups in total. The van der Waals surface area contributed by atoms with Crippen molar-refractivity contribution in [3.8, 4) is 17.0 Å². The van der Waals surface area contributed by atoms with Gasteiger partial charge in [0.05, 0.1) is 24.8 Å². The molecule has 0 spiro atoms. The Morgan fingerprint density at radius 2 is 2.15 bits per heavy atom. The zero-order valence-corrected chi connectivity index (χ0v) is 12.8. The highest BCUT2D eigenvalue weighted by molar-refractivity contribution is 7.71. The normalized spacial score (nSPS) is 10.8. The monoisotopic (exact) mass is 289 g/mol. The van der Waals surface area contributed by atoms with Gasteiger partial charge in [-0.15, -0.1) is 0 Å². The van der Waals surface area contributed by atoms with E-state index < -0.39 is 0 Å². The van der Waals surface area contributed by atoms with Crippen molar-refractivity contribution in [1.82, 2.24) is 15.0 Å². The van der Waals surface area contributed by atoms with Crippen LogP contribution in [0.5, 0.6) is 5.75 Å². The number of hydrogen-bond acceptors (Lipinski definition) is 4. The maximum absolute atomic E-state index is 5.63. The quantitative estimate of drug-likeness (QED) is 0.841. The molecule has 0 aliphatic heterocycles. The molecule has 0 atom stereocenters. The SMILES string of the molecule is CCCOc1cncc(-c2[nH]cnc(=S)c2C(C)C)c1. The van der Waals surface area contributed by atoms with Crippen LogP contribution in [-0.2, 0) is 0 Å². The number of ether oxygens (including phenoxy) is 1. The predicted octanol–water partition coefficient (Wildman–Crippen LogP) is 4.11. The number of hydrogen-bond donors (Lipinski definition) is 1. The van der Waals surface area contributed by atoms with Crippen LogP contribution in [0, 0.1) is 4.64 Å². The van der Waals surface area contributed by atoms with Crippen molar-refractivity contribution in [2.24, 2.45) is 0 Å². The largest absolute Gasteiger partial charge is 0.492 e. The highest BCUT2D eigenvalue weighted by Crippen LogP contribution is 2.28. The van der Waals surface area contributed by atoms with Crippen LogP contribution in [0.4, 0.5) is 0 Å². The first-order chi connectivity index (χ1) is 9.63. The van der Waals surface area contributed by atoms with Crippen LogP contribution in [0.1, 0.15) is 38.7 Å². The molecule has 0 unspecified atom stereocenters. The summed E-state index contributed by atoms with van der Waals surface area (Å²) < 4.78 is 6.26. The molecule has 0 bridgehead atoms. The van der Waals surface area contributed by atoms with Gasteiger partial charge in [-0.3, -0.25) is 4.98 Å². The molecule has 0 aliphatic carbocycles. The minimum absolute atomic E-state index is 0.294. The van der Waals surface area contributed by atoms with Crippen LogP contribution < -0.4 is 4.74 Å². The number of nitrogens with one attached hydrogen (secondary N) is 1. The second-order valence-corrected chi connectivity index (χ2v) is 5.30. The van der Waals surface area contributed by atoms with Gasteiger partial charge in [0, 0.05) is 17.3 Å². The standard InChI is InChI=1S/C15H19N3OS/c1-4-5-19-12-6-11(7-16-8-12)14-13(10(2)3)15(20)18-9-17-14/h6-10H,4-5H2,1-3H3,(H,17,18,20). The van der Waals surface area contributed by atoms with E-state index in [1.807, 2.05) is 12.3 Å². The number of rotatable bonds is 5. The van der Waals surface area contributed by atoms with Crippen LogP contribution in [0.2, 0.25) is 0 Å². The summed E-state index contributed by atoms with van der Waals surface area (Å²) in [6.45, 7) is 6.98. The van der Waals surface area contributed by atoms with Gasteiger partial charge in [-0.25, -0.2) is 4.98 Å². The Morgan fingerprint density at radius 3 is 2.85 bits per heavy atom. The van der Waals surface area contributed by atoms with E-state index in [-0.39, 0.29) is 0 Å². The Morgan fingerprint density at radius 1 is 1.35 bits per heavy atom. The van der Waals surface area contributed by atoms with Crippen molar-refractivity contribution in [2.75, 3.05) is 6.61 Å². The third kappa shape index (κ3) is 3.22. The molecule has 5 heteroatoms. The highest BCUT2D eigenvalue weighted by atomic mass is 32.1. The van der Waals surface area contributed by atoms with Crippen molar-refractivity contribution in [3.63, 3.8) is 0 Å². The molecule has 2 rings (SSSR count). The fraction of sp³-hybridized carbons (Fsp3) is 0.400. The van der Waals surface area contributed by atoms with E-state index in [0.717, 1.165) is 29.0 Å². The van der Waals surface area contributed by atoms with Crippen molar-refractivity contribution in [2.45, 2.75) is 33.1 Å². The van der Waals surface area contributed by atoms with E-state index in [0.29, 0.717) is 17.2 Å². The zero-order valence-electron chi connectivity index (χ0n) is 12.0. The minimum Gasteiger partial charge on any atom is -0.492 e. The molecule has 106 valence electrons. The number of nitrogens with zero attached hydrogens (tertiary/aromatic N) is 2. The zero-order chi connectivity index (χ0) is 14.5. The molecule has 0 saturated heterocycles. The second-order valence-electron chi connectivity index (χ2n) is 4.91. The number of aromatic nitrogens is 3. The van der Waals surface area contributed by atoms with Crippen LogP contribution in [0.3, 0.4) is 0 Å². The van der Waals surface area contributed by atoms with E-state index in [9.17, 15) is 0 Å². The summed E-state index contributed by atoms with van der Waals surface area (Å²) in [5.74, 6) is 1.07. The van der Waals surface area contributed by atoms with E-state index in [1.165, 1.54) is 0 Å². The van der Waals surface area contributed by atoms with E-state index >= 15 is 0 Å². The van der Waals surface area contributed by atoms with Crippen LogP contribution in [0.25, 0.3) is 11.3 Å². The molecule has 2 heterocycles. The van der Waals surface area contributed by atoms with Crippen LogP contribution in [-0.4, -0.2) is 21.6 Å². The third-order valence-corrected chi connectivity index (χ3v) is 3.27. The van der Waals surface area contributed by atoms with Crippen molar-refractivity contribution < 1.29 is 4.74 Å². The number of pyridine rings is 1. The molecule has 2 aromatic heterocycles. The van der Waals surface area contributed by atoms with Crippen LogP contribution in [0.15, 0.2) is 24.8 Å². The molecular weight excluding hydrogens is 270 g/mol. The summed E-state index contributed by atoms with van der Waals surface area (Å²) in [4.78, 5) is 11.6. The lowest BCUT2D eigenvalue weighted by Crippen LogP contribution is -2.00. The molecule has 0 radical (unpaired) electrons. The minimum atomic E-state index is 0.294. The predicted molar refractivity (Wildman–Crippen MR) is 82.5 cm³/mol. The Hall–Kier alpha value is -1.75. The topological polar surface area (TPSA) is 50.8 Å². The Bertz CT molecular complexity index is 637.